The number of hydrogen-bond donors (Lipinski definition) is 1. The standard InChI is InChI=1S/C27H23FN6/c1-18-8-14-23(15-9-18)34-26(25(32-33-34)21-10-12-22(28)13-11-21)24-16-17-29-27(31-24)30-19(2)20-6-4-3-5-7-20/h3-17,19H,1-2H3,(H,29,30,31). The van der Waals surface area contributed by atoms with Crippen molar-refractivity contribution in [1.29, 1.82) is 0 Å². The molecule has 0 spiro atoms. The summed E-state index contributed by atoms with van der Waals surface area (Å²) in [5, 5.41) is 12.2. The molecular formula is C27H23FN6. The van der Waals surface area contributed by atoms with Gasteiger partial charge in [-0.05, 0) is 61.9 Å². The van der Waals surface area contributed by atoms with E-state index in [0.717, 1.165) is 22.4 Å². The van der Waals surface area contributed by atoms with Gasteiger partial charge in [0, 0.05) is 11.8 Å². The lowest BCUT2D eigenvalue weighted by Gasteiger charge is -2.15. The van der Waals surface area contributed by atoms with Crippen molar-refractivity contribution < 1.29 is 4.39 Å². The first-order chi connectivity index (χ1) is 16.6. The van der Waals surface area contributed by atoms with Crippen LogP contribution in [0.25, 0.3) is 28.3 Å². The highest BCUT2D eigenvalue weighted by Gasteiger charge is 2.20. The van der Waals surface area contributed by atoms with Crippen LogP contribution in [0.1, 0.15) is 24.1 Å². The summed E-state index contributed by atoms with van der Waals surface area (Å²) in [6.45, 7) is 4.10. The summed E-state index contributed by atoms with van der Waals surface area (Å²) in [4.78, 5) is 9.21. The number of hydrogen-bond acceptors (Lipinski definition) is 5. The highest BCUT2D eigenvalue weighted by atomic mass is 19.1. The lowest BCUT2D eigenvalue weighted by atomic mass is 10.1. The molecule has 0 fully saturated rings. The summed E-state index contributed by atoms with van der Waals surface area (Å²) in [6, 6.07) is 26.2. The summed E-state index contributed by atoms with van der Waals surface area (Å²) in [7, 11) is 0. The molecule has 0 aliphatic rings. The molecule has 2 heterocycles. The van der Waals surface area contributed by atoms with Gasteiger partial charge in [-0.1, -0.05) is 53.2 Å². The van der Waals surface area contributed by atoms with Crippen molar-refractivity contribution in [2.45, 2.75) is 19.9 Å². The predicted molar refractivity (Wildman–Crippen MR) is 131 cm³/mol. The lowest BCUT2D eigenvalue weighted by molar-refractivity contribution is 0.628. The Kier molecular flexibility index (Phi) is 5.82. The van der Waals surface area contributed by atoms with Crippen LogP contribution >= 0.6 is 0 Å². The fraction of sp³-hybridized carbons (Fsp3) is 0.111. The Hall–Kier alpha value is -4.39. The molecule has 168 valence electrons. The van der Waals surface area contributed by atoms with Gasteiger partial charge in [0.05, 0.1) is 17.4 Å². The van der Waals surface area contributed by atoms with E-state index in [1.807, 2.05) is 55.5 Å². The van der Waals surface area contributed by atoms with Crippen molar-refractivity contribution in [2.75, 3.05) is 5.32 Å². The Morgan fingerprint density at radius 2 is 1.62 bits per heavy atom. The second-order valence-corrected chi connectivity index (χ2v) is 8.08. The average Bonchev–Trinajstić information content (AvgIpc) is 3.31. The van der Waals surface area contributed by atoms with E-state index in [-0.39, 0.29) is 11.9 Å². The van der Waals surface area contributed by atoms with E-state index in [2.05, 4.69) is 39.7 Å². The highest BCUT2D eigenvalue weighted by Crippen LogP contribution is 2.32. The van der Waals surface area contributed by atoms with E-state index < -0.39 is 0 Å². The van der Waals surface area contributed by atoms with Crippen molar-refractivity contribution >= 4 is 5.95 Å². The van der Waals surface area contributed by atoms with Crippen LogP contribution in [0.3, 0.4) is 0 Å². The van der Waals surface area contributed by atoms with Crippen LogP contribution in [0.2, 0.25) is 0 Å². The monoisotopic (exact) mass is 450 g/mol. The molecule has 0 aliphatic carbocycles. The molecule has 2 aromatic heterocycles. The Morgan fingerprint density at radius 1 is 0.882 bits per heavy atom. The number of aromatic nitrogens is 5. The Morgan fingerprint density at radius 3 is 2.35 bits per heavy atom. The molecule has 34 heavy (non-hydrogen) atoms. The molecule has 6 nitrogen and oxygen atoms in total. The lowest BCUT2D eigenvalue weighted by Crippen LogP contribution is -2.10. The van der Waals surface area contributed by atoms with Crippen molar-refractivity contribution in [2.24, 2.45) is 0 Å². The van der Waals surface area contributed by atoms with Crippen molar-refractivity contribution in [3.63, 3.8) is 0 Å². The van der Waals surface area contributed by atoms with Gasteiger partial charge in [0.2, 0.25) is 5.95 Å². The van der Waals surface area contributed by atoms with Crippen LogP contribution in [0.5, 0.6) is 0 Å². The number of benzene rings is 3. The molecule has 0 bridgehead atoms. The molecule has 5 aromatic rings. The van der Waals surface area contributed by atoms with Gasteiger partial charge < -0.3 is 5.32 Å². The fourth-order valence-corrected chi connectivity index (χ4v) is 3.76. The molecule has 1 N–H and O–H groups in total. The van der Waals surface area contributed by atoms with Gasteiger partial charge in [-0.25, -0.2) is 19.0 Å². The first kappa shape index (κ1) is 21.5. The van der Waals surface area contributed by atoms with Crippen LogP contribution < -0.4 is 5.32 Å². The maximum Gasteiger partial charge on any atom is 0.223 e. The van der Waals surface area contributed by atoms with Crippen molar-refractivity contribution in [3.05, 3.63) is 108 Å². The molecule has 7 heteroatoms. The summed E-state index contributed by atoms with van der Waals surface area (Å²) >= 11 is 0. The zero-order chi connectivity index (χ0) is 23.5. The smallest absolute Gasteiger partial charge is 0.223 e. The quantitative estimate of drug-likeness (QED) is 0.343. The maximum atomic E-state index is 13.6. The normalized spacial score (nSPS) is 11.9. The molecule has 1 atom stereocenters. The van der Waals surface area contributed by atoms with E-state index in [1.54, 1.807) is 23.0 Å². The Balaban J connectivity index is 1.59. The predicted octanol–water partition coefficient (Wildman–Crippen LogP) is 6.01. The van der Waals surface area contributed by atoms with Gasteiger partial charge in [-0.3, -0.25) is 0 Å². The summed E-state index contributed by atoms with van der Waals surface area (Å²) in [5.74, 6) is 0.190. The summed E-state index contributed by atoms with van der Waals surface area (Å²) in [5.41, 5.74) is 5.85. The van der Waals surface area contributed by atoms with E-state index in [4.69, 9.17) is 4.98 Å². The van der Waals surface area contributed by atoms with E-state index in [9.17, 15) is 4.39 Å². The summed E-state index contributed by atoms with van der Waals surface area (Å²) < 4.78 is 15.3. The third-order valence-corrected chi connectivity index (χ3v) is 5.61. The Bertz CT molecular complexity index is 1330. The second kappa shape index (κ2) is 9.23. The minimum atomic E-state index is -0.306. The highest BCUT2D eigenvalue weighted by molar-refractivity contribution is 5.77. The van der Waals surface area contributed by atoms with E-state index in [1.165, 1.54) is 12.1 Å². The van der Waals surface area contributed by atoms with Gasteiger partial charge in [-0.2, -0.15) is 0 Å². The summed E-state index contributed by atoms with van der Waals surface area (Å²) in [6.07, 6.45) is 1.71. The fourth-order valence-electron chi connectivity index (χ4n) is 3.76. The van der Waals surface area contributed by atoms with Crippen LogP contribution in [-0.4, -0.2) is 25.0 Å². The van der Waals surface area contributed by atoms with Gasteiger partial charge >= 0.3 is 0 Å². The number of nitrogens with one attached hydrogen (secondary N) is 1. The topological polar surface area (TPSA) is 68.5 Å². The van der Waals surface area contributed by atoms with Gasteiger partial charge in [0.1, 0.15) is 17.2 Å². The molecule has 0 saturated heterocycles. The van der Waals surface area contributed by atoms with Crippen LogP contribution in [-0.2, 0) is 0 Å². The maximum absolute atomic E-state index is 13.6. The molecule has 5 rings (SSSR count). The van der Waals surface area contributed by atoms with Gasteiger partial charge in [0.25, 0.3) is 0 Å². The number of halogens is 1. The molecular weight excluding hydrogens is 427 g/mol. The molecule has 0 amide bonds. The zero-order valence-corrected chi connectivity index (χ0v) is 18.9. The molecule has 0 radical (unpaired) electrons. The Labute approximate surface area is 197 Å². The number of aryl methyl sites for hydroxylation is 1. The SMILES string of the molecule is Cc1ccc(-n2nnc(-c3ccc(F)cc3)c2-c2ccnc(NC(C)c3ccccc3)n2)cc1. The van der Waals surface area contributed by atoms with Gasteiger partial charge in [-0.15, -0.1) is 5.10 Å². The molecule has 0 saturated carbocycles. The van der Waals surface area contributed by atoms with E-state index in [0.29, 0.717) is 23.0 Å². The molecule has 3 aromatic carbocycles. The van der Waals surface area contributed by atoms with Crippen LogP contribution in [0.15, 0.2) is 91.1 Å². The van der Waals surface area contributed by atoms with Crippen molar-refractivity contribution in [1.82, 2.24) is 25.0 Å². The minimum absolute atomic E-state index is 0.0214. The number of nitrogens with zero attached hydrogens (tertiary/aromatic N) is 5. The molecule has 1 unspecified atom stereocenters. The minimum Gasteiger partial charge on any atom is -0.348 e. The number of anilines is 1. The van der Waals surface area contributed by atoms with E-state index >= 15 is 0 Å². The van der Waals surface area contributed by atoms with Crippen molar-refractivity contribution in [3.8, 4) is 28.3 Å². The molecule has 0 aliphatic heterocycles. The third-order valence-electron chi connectivity index (χ3n) is 5.61. The van der Waals surface area contributed by atoms with Crippen LogP contribution in [0, 0.1) is 12.7 Å². The average molecular weight is 451 g/mol. The van der Waals surface area contributed by atoms with Gasteiger partial charge in [0.15, 0.2) is 0 Å². The van der Waals surface area contributed by atoms with Crippen LogP contribution in [0.4, 0.5) is 10.3 Å². The first-order valence-corrected chi connectivity index (χ1v) is 11.0. The zero-order valence-electron chi connectivity index (χ0n) is 18.9. The third kappa shape index (κ3) is 4.41. The first-order valence-electron chi connectivity index (χ1n) is 11.0. The second-order valence-electron chi connectivity index (χ2n) is 8.08. The number of rotatable bonds is 6. The largest absolute Gasteiger partial charge is 0.348 e.